The van der Waals surface area contributed by atoms with Gasteiger partial charge in [0.05, 0.1) is 18.9 Å². The summed E-state index contributed by atoms with van der Waals surface area (Å²) in [4.78, 5) is 4.19. The highest BCUT2D eigenvalue weighted by Gasteiger charge is 2.01. The molecule has 4 nitrogen and oxygen atoms in total. The van der Waals surface area contributed by atoms with Crippen LogP contribution < -0.4 is 11.3 Å². The largest absolute Gasteiger partial charge is 0.370 e. The molecule has 0 unspecified atom stereocenters. The SMILES string of the molecule is NNc1cccc(COCc2ccccc2F)n1. The van der Waals surface area contributed by atoms with Crippen LogP contribution in [0.2, 0.25) is 0 Å². The van der Waals surface area contributed by atoms with E-state index in [0.29, 0.717) is 18.0 Å². The van der Waals surface area contributed by atoms with Crippen molar-refractivity contribution in [3.05, 3.63) is 59.5 Å². The number of pyridine rings is 1. The van der Waals surface area contributed by atoms with E-state index in [1.54, 1.807) is 24.3 Å². The zero-order valence-corrected chi connectivity index (χ0v) is 9.77. The van der Waals surface area contributed by atoms with Gasteiger partial charge >= 0.3 is 0 Å². The summed E-state index contributed by atoms with van der Waals surface area (Å²) in [5, 5.41) is 0. The number of nitrogen functional groups attached to an aromatic ring is 1. The summed E-state index contributed by atoms with van der Waals surface area (Å²) in [7, 11) is 0. The van der Waals surface area contributed by atoms with Gasteiger partial charge in [-0.1, -0.05) is 24.3 Å². The van der Waals surface area contributed by atoms with Crippen LogP contribution in [-0.2, 0) is 18.0 Å². The first-order valence-corrected chi connectivity index (χ1v) is 5.53. The molecule has 94 valence electrons. The quantitative estimate of drug-likeness (QED) is 0.628. The Balaban J connectivity index is 1.90. The highest BCUT2D eigenvalue weighted by Crippen LogP contribution is 2.10. The highest BCUT2D eigenvalue weighted by atomic mass is 19.1. The molecule has 0 amide bonds. The lowest BCUT2D eigenvalue weighted by molar-refractivity contribution is 0.102. The molecule has 2 aromatic rings. The minimum absolute atomic E-state index is 0.217. The van der Waals surface area contributed by atoms with Crippen molar-refractivity contribution in [1.82, 2.24) is 4.98 Å². The zero-order valence-electron chi connectivity index (χ0n) is 9.77. The molecule has 5 heteroatoms. The number of nitrogens with one attached hydrogen (secondary N) is 1. The van der Waals surface area contributed by atoms with Crippen molar-refractivity contribution in [1.29, 1.82) is 0 Å². The van der Waals surface area contributed by atoms with Gasteiger partial charge in [-0.3, -0.25) is 0 Å². The van der Waals surface area contributed by atoms with Crippen LogP contribution in [0.5, 0.6) is 0 Å². The lowest BCUT2D eigenvalue weighted by Gasteiger charge is -2.06. The second-order valence-corrected chi connectivity index (χ2v) is 3.74. The topological polar surface area (TPSA) is 60.2 Å². The van der Waals surface area contributed by atoms with Crippen LogP contribution in [0.15, 0.2) is 42.5 Å². The smallest absolute Gasteiger partial charge is 0.140 e. The Morgan fingerprint density at radius 3 is 2.72 bits per heavy atom. The van der Waals surface area contributed by atoms with Gasteiger partial charge < -0.3 is 10.2 Å². The van der Waals surface area contributed by atoms with Crippen LogP contribution in [0.1, 0.15) is 11.3 Å². The van der Waals surface area contributed by atoms with Gasteiger partial charge in [0, 0.05) is 5.56 Å². The number of halogens is 1. The average Bonchev–Trinajstić information content (AvgIpc) is 2.41. The normalized spacial score (nSPS) is 10.3. The van der Waals surface area contributed by atoms with E-state index in [9.17, 15) is 4.39 Å². The number of hydrogen-bond acceptors (Lipinski definition) is 4. The molecule has 0 aliphatic carbocycles. The van der Waals surface area contributed by atoms with Crippen molar-refractivity contribution in [2.45, 2.75) is 13.2 Å². The Morgan fingerprint density at radius 2 is 1.94 bits per heavy atom. The average molecular weight is 247 g/mol. The van der Waals surface area contributed by atoms with Crippen LogP contribution in [0.25, 0.3) is 0 Å². The molecule has 1 aromatic carbocycles. The molecule has 1 aromatic heterocycles. The van der Waals surface area contributed by atoms with Gasteiger partial charge in [0.15, 0.2) is 0 Å². The predicted molar refractivity (Wildman–Crippen MR) is 66.9 cm³/mol. The Hall–Kier alpha value is -1.98. The number of aromatic nitrogens is 1. The van der Waals surface area contributed by atoms with Gasteiger partial charge in [-0.05, 0) is 18.2 Å². The molecular formula is C13H14FN3O. The van der Waals surface area contributed by atoms with Crippen LogP contribution >= 0.6 is 0 Å². The van der Waals surface area contributed by atoms with Gasteiger partial charge in [-0.2, -0.15) is 0 Å². The molecule has 0 bridgehead atoms. The molecule has 1 heterocycles. The molecule has 0 aliphatic heterocycles. The van der Waals surface area contributed by atoms with Crippen LogP contribution in [0, 0.1) is 5.82 Å². The van der Waals surface area contributed by atoms with Crippen LogP contribution in [0.4, 0.5) is 10.2 Å². The van der Waals surface area contributed by atoms with Gasteiger partial charge in [0.25, 0.3) is 0 Å². The van der Waals surface area contributed by atoms with E-state index >= 15 is 0 Å². The van der Waals surface area contributed by atoms with E-state index in [4.69, 9.17) is 10.6 Å². The molecule has 0 saturated heterocycles. The van der Waals surface area contributed by atoms with Crippen molar-refractivity contribution in [2.24, 2.45) is 5.84 Å². The van der Waals surface area contributed by atoms with Crippen molar-refractivity contribution >= 4 is 5.82 Å². The van der Waals surface area contributed by atoms with E-state index in [-0.39, 0.29) is 12.4 Å². The molecule has 18 heavy (non-hydrogen) atoms. The molecule has 0 spiro atoms. The second kappa shape index (κ2) is 6.09. The summed E-state index contributed by atoms with van der Waals surface area (Å²) in [6.45, 7) is 0.526. The van der Waals surface area contributed by atoms with E-state index in [2.05, 4.69) is 10.4 Å². The summed E-state index contributed by atoms with van der Waals surface area (Å²) in [5.41, 5.74) is 3.73. The first-order chi connectivity index (χ1) is 8.79. The Bertz CT molecular complexity index is 519. The molecule has 3 N–H and O–H groups in total. The minimum Gasteiger partial charge on any atom is -0.370 e. The van der Waals surface area contributed by atoms with Gasteiger partial charge in [-0.15, -0.1) is 0 Å². The highest BCUT2D eigenvalue weighted by molar-refractivity contribution is 5.33. The number of nitrogens with two attached hydrogens (primary N) is 1. The summed E-state index contributed by atoms with van der Waals surface area (Å²) in [6, 6.07) is 11.9. The second-order valence-electron chi connectivity index (χ2n) is 3.74. The lowest BCUT2D eigenvalue weighted by Crippen LogP contribution is -2.09. The lowest BCUT2D eigenvalue weighted by atomic mass is 10.2. The standard InChI is InChI=1S/C13H14FN3O/c14-12-6-2-1-4-10(12)8-18-9-11-5-3-7-13(16-11)17-15/h1-7H,8-9,15H2,(H,16,17). The van der Waals surface area contributed by atoms with Gasteiger partial charge in [-0.25, -0.2) is 15.2 Å². The molecule has 0 fully saturated rings. The summed E-state index contributed by atoms with van der Waals surface area (Å²) in [5.74, 6) is 5.57. The fourth-order valence-electron chi connectivity index (χ4n) is 1.52. The van der Waals surface area contributed by atoms with E-state index in [0.717, 1.165) is 5.69 Å². The number of ether oxygens (including phenoxy) is 1. The van der Waals surface area contributed by atoms with Gasteiger partial charge in [0.1, 0.15) is 11.6 Å². The van der Waals surface area contributed by atoms with Gasteiger partial charge in [0.2, 0.25) is 0 Å². The molecule has 0 atom stereocenters. The van der Waals surface area contributed by atoms with Crippen LogP contribution in [0.3, 0.4) is 0 Å². The van der Waals surface area contributed by atoms with Crippen LogP contribution in [-0.4, -0.2) is 4.98 Å². The van der Waals surface area contributed by atoms with E-state index in [1.807, 2.05) is 12.1 Å². The number of hydrazine groups is 1. The van der Waals surface area contributed by atoms with E-state index < -0.39 is 0 Å². The number of anilines is 1. The third kappa shape index (κ3) is 3.26. The fraction of sp³-hybridized carbons (Fsp3) is 0.154. The minimum atomic E-state index is -0.261. The summed E-state index contributed by atoms with van der Waals surface area (Å²) < 4.78 is 18.7. The first kappa shape index (κ1) is 12.5. The summed E-state index contributed by atoms with van der Waals surface area (Å²) >= 11 is 0. The Morgan fingerprint density at radius 1 is 1.11 bits per heavy atom. The molecule has 0 aliphatic rings. The van der Waals surface area contributed by atoms with Crippen molar-refractivity contribution in [3.63, 3.8) is 0 Å². The number of benzene rings is 1. The van der Waals surface area contributed by atoms with E-state index in [1.165, 1.54) is 6.07 Å². The molecule has 0 radical (unpaired) electrons. The van der Waals surface area contributed by atoms with Crippen molar-refractivity contribution < 1.29 is 9.13 Å². The third-order valence-corrected chi connectivity index (χ3v) is 2.42. The number of rotatable bonds is 5. The Kier molecular flexibility index (Phi) is 4.22. The maximum absolute atomic E-state index is 13.3. The predicted octanol–water partition coefficient (Wildman–Crippen LogP) is 2.22. The maximum atomic E-state index is 13.3. The number of nitrogens with zero attached hydrogens (tertiary/aromatic N) is 1. The Labute approximate surface area is 105 Å². The molecule has 2 rings (SSSR count). The third-order valence-electron chi connectivity index (χ3n) is 2.42. The fourth-order valence-corrected chi connectivity index (χ4v) is 1.52. The zero-order chi connectivity index (χ0) is 12.8. The molecular weight excluding hydrogens is 233 g/mol. The maximum Gasteiger partial charge on any atom is 0.140 e. The van der Waals surface area contributed by atoms with Crippen molar-refractivity contribution in [3.8, 4) is 0 Å². The number of hydrogen-bond donors (Lipinski definition) is 2. The monoisotopic (exact) mass is 247 g/mol. The van der Waals surface area contributed by atoms with Crippen molar-refractivity contribution in [2.75, 3.05) is 5.43 Å². The molecule has 0 saturated carbocycles. The first-order valence-electron chi connectivity index (χ1n) is 5.53. The summed E-state index contributed by atoms with van der Waals surface area (Å²) in [6.07, 6.45) is 0.